The predicted octanol–water partition coefficient (Wildman–Crippen LogP) is 1.50. The normalized spacial score (nSPS) is 10.1. The molecule has 5 nitrogen and oxygen atoms in total. The van der Waals surface area contributed by atoms with Crippen LogP contribution in [-0.2, 0) is 0 Å². The van der Waals surface area contributed by atoms with Crippen molar-refractivity contribution in [1.29, 1.82) is 0 Å². The van der Waals surface area contributed by atoms with Crippen molar-refractivity contribution < 1.29 is 0 Å². The molecule has 0 atom stereocenters. The van der Waals surface area contributed by atoms with E-state index < -0.39 is 0 Å². The van der Waals surface area contributed by atoms with Crippen LogP contribution in [0.25, 0.3) is 22.3 Å². The molecule has 15 heavy (non-hydrogen) atoms. The minimum Gasteiger partial charge on any atom is -0.156 e. The molecule has 0 aliphatic carbocycles. The minimum atomic E-state index is 0. The van der Waals surface area contributed by atoms with Crippen LogP contribution in [0.15, 0.2) is 30.5 Å². The first kappa shape index (κ1) is 9.85. The lowest BCUT2D eigenvalue weighted by Gasteiger charge is -1.90. The van der Waals surface area contributed by atoms with Crippen molar-refractivity contribution in [1.82, 2.24) is 25.6 Å². The standard InChI is InChI=1S/C9H5N5.BrH/c1-2-4-7-6(3-1)5-10-12-9-8(7)11-14-13-9;/h1-5H;1H. The summed E-state index contributed by atoms with van der Waals surface area (Å²) in [7, 11) is 0. The zero-order valence-corrected chi connectivity index (χ0v) is 9.24. The number of halogens is 1. The SMILES string of the molecule is Br.c1ccc2c3nnnc-3nncc2c1. The lowest BCUT2D eigenvalue weighted by molar-refractivity contribution is 0.931. The summed E-state index contributed by atoms with van der Waals surface area (Å²) in [5.41, 5.74) is 0.693. The molecule has 0 bridgehead atoms. The summed E-state index contributed by atoms with van der Waals surface area (Å²) in [5.74, 6) is 0.478. The van der Waals surface area contributed by atoms with Gasteiger partial charge >= 0.3 is 0 Å². The van der Waals surface area contributed by atoms with E-state index in [-0.39, 0.29) is 17.0 Å². The molecule has 0 saturated heterocycles. The van der Waals surface area contributed by atoms with Gasteiger partial charge < -0.3 is 0 Å². The first-order valence-corrected chi connectivity index (χ1v) is 4.15. The Kier molecular flexibility index (Phi) is 2.51. The van der Waals surface area contributed by atoms with Crippen molar-refractivity contribution in [3.63, 3.8) is 0 Å². The molecule has 0 radical (unpaired) electrons. The van der Waals surface area contributed by atoms with Crippen LogP contribution in [0.5, 0.6) is 0 Å². The molecule has 1 aromatic rings. The smallest absolute Gasteiger partial charge is 0.156 e. The van der Waals surface area contributed by atoms with Crippen LogP contribution in [0.3, 0.4) is 0 Å². The minimum absolute atomic E-state index is 0. The van der Waals surface area contributed by atoms with Gasteiger partial charge in [0.25, 0.3) is 0 Å². The summed E-state index contributed by atoms with van der Waals surface area (Å²) in [6.45, 7) is 0. The van der Waals surface area contributed by atoms with Crippen LogP contribution in [0.4, 0.5) is 0 Å². The highest BCUT2D eigenvalue weighted by atomic mass is 79.9. The molecule has 0 aromatic heterocycles. The van der Waals surface area contributed by atoms with Gasteiger partial charge in [-0.2, -0.15) is 5.10 Å². The van der Waals surface area contributed by atoms with Crippen molar-refractivity contribution in [3.8, 4) is 11.5 Å². The quantitative estimate of drug-likeness (QED) is 0.615. The average Bonchev–Trinajstić information content (AvgIpc) is 2.61. The molecule has 3 rings (SSSR count). The molecule has 0 spiro atoms. The molecule has 0 amide bonds. The van der Waals surface area contributed by atoms with E-state index in [1.54, 1.807) is 6.20 Å². The predicted molar refractivity (Wildman–Crippen MR) is 59.9 cm³/mol. The molecular weight excluding hydrogens is 258 g/mol. The van der Waals surface area contributed by atoms with Gasteiger partial charge in [0.2, 0.25) is 5.82 Å². The monoisotopic (exact) mass is 263 g/mol. The number of hydrogen-bond donors (Lipinski definition) is 0. The summed E-state index contributed by atoms with van der Waals surface area (Å²) < 4.78 is 0. The molecular formula is C9H6BrN5. The van der Waals surface area contributed by atoms with Crippen LogP contribution < -0.4 is 0 Å². The number of benzene rings is 1. The third kappa shape index (κ3) is 1.52. The Morgan fingerprint density at radius 3 is 2.73 bits per heavy atom. The molecule has 0 fully saturated rings. The Morgan fingerprint density at radius 1 is 0.933 bits per heavy atom. The van der Waals surface area contributed by atoms with Gasteiger partial charge in [-0.05, 0) is 5.21 Å². The largest absolute Gasteiger partial charge is 0.226 e. The zero-order valence-electron chi connectivity index (χ0n) is 7.53. The molecule has 2 aliphatic heterocycles. The van der Waals surface area contributed by atoms with Crippen LogP contribution in [0.2, 0.25) is 0 Å². The zero-order chi connectivity index (χ0) is 9.38. The van der Waals surface area contributed by atoms with Crippen LogP contribution >= 0.6 is 17.0 Å². The Bertz CT molecular complexity index is 570. The van der Waals surface area contributed by atoms with Gasteiger partial charge in [0.05, 0.1) is 6.20 Å². The summed E-state index contributed by atoms with van der Waals surface area (Å²) in [4.78, 5) is 0. The first-order chi connectivity index (χ1) is 6.95. The van der Waals surface area contributed by atoms with Gasteiger partial charge in [-0.1, -0.05) is 24.3 Å². The van der Waals surface area contributed by atoms with E-state index in [1.807, 2.05) is 24.3 Å². The van der Waals surface area contributed by atoms with Gasteiger partial charge in [0, 0.05) is 10.8 Å². The van der Waals surface area contributed by atoms with E-state index in [2.05, 4.69) is 25.6 Å². The van der Waals surface area contributed by atoms with E-state index in [9.17, 15) is 0 Å². The highest BCUT2D eigenvalue weighted by Crippen LogP contribution is 2.21. The lowest BCUT2D eigenvalue weighted by atomic mass is 10.1. The summed E-state index contributed by atoms with van der Waals surface area (Å²) in [6.07, 6.45) is 1.69. The second-order valence-electron chi connectivity index (χ2n) is 2.89. The Hall–Kier alpha value is -1.69. The van der Waals surface area contributed by atoms with Gasteiger partial charge in [-0.3, -0.25) is 0 Å². The van der Waals surface area contributed by atoms with Crippen molar-refractivity contribution in [2.75, 3.05) is 0 Å². The third-order valence-corrected chi connectivity index (χ3v) is 2.06. The Labute approximate surface area is 95.7 Å². The fourth-order valence-electron chi connectivity index (χ4n) is 1.41. The maximum absolute atomic E-state index is 3.92. The third-order valence-electron chi connectivity index (χ3n) is 2.06. The van der Waals surface area contributed by atoms with E-state index in [0.29, 0.717) is 11.5 Å². The molecule has 74 valence electrons. The average molecular weight is 264 g/mol. The lowest BCUT2D eigenvalue weighted by Crippen LogP contribution is -1.80. The second kappa shape index (κ2) is 3.82. The summed E-state index contributed by atoms with van der Waals surface area (Å²) in [5, 5.41) is 21.0. The molecule has 1 aromatic carbocycles. The second-order valence-corrected chi connectivity index (χ2v) is 2.89. The van der Waals surface area contributed by atoms with Crippen molar-refractivity contribution in [3.05, 3.63) is 30.5 Å². The van der Waals surface area contributed by atoms with Crippen LogP contribution in [0.1, 0.15) is 0 Å². The van der Waals surface area contributed by atoms with Crippen molar-refractivity contribution >= 4 is 27.8 Å². The van der Waals surface area contributed by atoms with E-state index in [4.69, 9.17) is 0 Å². The molecule has 2 heterocycles. The topological polar surface area (TPSA) is 64.5 Å². The number of fused-ring (bicyclic) bond motifs is 3. The molecule has 0 unspecified atom stereocenters. The summed E-state index contributed by atoms with van der Waals surface area (Å²) >= 11 is 0. The van der Waals surface area contributed by atoms with Gasteiger partial charge in [0.15, 0.2) is 0 Å². The molecule has 6 heteroatoms. The summed E-state index contributed by atoms with van der Waals surface area (Å²) in [6, 6.07) is 7.80. The molecule has 0 N–H and O–H groups in total. The number of nitrogens with zero attached hydrogens (tertiary/aromatic N) is 5. The van der Waals surface area contributed by atoms with Gasteiger partial charge in [0.1, 0.15) is 5.69 Å². The van der Waals surface area contributed by atoms with E-state index >= 15 is 0 Å². The highest BCUT2D eigenvalue weighted by molar-refractivity contribution is 8.93. The van der Waals surface area contributed by atoms with Gasteiger partial charge in [-0.15, -0.1) is 32.3 Å². The maximum atomic E-state index is 3.92. The first-order valence-electron chi connectivity index (χ1n) is 4.15. The van der Waals surface area contributed by atoms with E-state index in [1.165, 1.54) is 0 Å². The maximum Gasteiger partial charge on any atom is 0.226 e. The number of rotatable bonds is 0. The van der Waals surface area contributed by atoms with Crippen LogP contribution in [0, 0.1) is 0 Å². The Morgan fingerprint density at radius 2 is 1.80 bits per heavy atom. The number of hydrogen-bond acceptors (Lipinski definition) is 5. The fraction of sp³-hybridized carbons (Fsp3) is 0. The van der Waals surface area contributed by atoms with Crippen LogP contribution in [-0.4, -0.2) is 25.6 Å². The fourth-order valence-corrected chi connectivity index (χ4v) is 1.41. The van der Waals surface area contributed by atoms with Crippen molar-refractivity contribution in [2.24, 2.45) is 0 Å². The molecule has 2 aliphatic rings. The molecule has 0 saturated carbocycles. The van der Waals surface area contributed by atoms with E-state index in [0.717, 1.165) is 10.8 Å². The highest BCUT2D eigenvalue weighted by Gasteiger charge is 2.10. The van der Waals surface area contributed by atoms with Crippen molar-refractivity contribution in [2.45, 2.75) is 0 Å². The Balaban J connectivity index is 0.000000853. The van der Waals surface area contributed by atoms with Gasteiger partial charge in [-0.25, -0.2) is 0 Å². The number of aromatic nitrogens is 5.